The van der Waals surface area contributed by atoms with Gasteiger partial charge in [-0.05, 0) is 55.7 Å². The second-order valence-electron chi connectivity index (χ2n) is 8.11. The third-order valence-corrected chi connectivity index (χ3v) is 5.54. The fourth-order valence-corrected chi connectivity index (χ4v) is 3.60. The van der Waals surface area contributed by atoms with E-state index >= 15 is 0 Å². The lowest BCUT2D eigenvalue weighted by atomic mass is 9.93. The highest BCUT2D eigenvalue weighted by Crippen LogP contribution is 2.22. The number of urea groups is 1. The van der Waals surface area contributed by atoms with E-state index in [2.05, 4.69) is 21.0 Å². The normalized spacial score (nSPS) is 17.3. The predicted octanol–water partition coefficient (Wildman–Crippen LogP) is 2.92. The lowest BCUT2D eigenvalue weighted by molar-refractivity contribution is -0.132. The van der Waals surface area contributed by atoms with Crippen LogP contribution in [-0.2, 0) is 11.2 Å². The number of anilines is 1. The number of hydrogen-bond donors (Lipinski definition) is 3. The van der Waals surface area contributed by atoms with Crippen molar-refractivity contribution in [3.63, 3.8) is 0 Å². The Labute approximate surface area is 196 Å². The molecule has 2 aromatic carbocycles. The average Bonchev–Trinajstić information content (AvgIpc) is 3.07. The highest BCUT2D eigenvalue weighted by molar-refractivity contribution is 6.09. The molecule has 172 valence electrons. The van der Waals surface area contributed by atoms with Crippen LogP contribution in [0.25, 0.3) is 0 Å². The van der Waals surface area contributed by atoms with E-state index in [0.717, 1.165) is 5.56 Å². The number of carbonyl (C=O) groups excluding carboxylic acids is 4. The molecule has 9 heteroatoms. The molecule has 0 spiro atoms. The number of hydrazine groups is 1. The third kappa shape index (κ3) is 4.93. The first-order valence-electron chi connectivity index (χ1n) is 10.7. The van der Waals surface area contributed by atoms with Gasteiger partial charge in [0.15, 0.2) is 0 Å². The van der Waals surface area contributed by atoms with Crippen LogP contribution in [-0.4, -0.2) is 39.3 Å². The Morgan fingerprint density at radius 1 is 0.971 bits per heavy atom. The second-order valence-corrected chi connectivity index (χ2v) is 8.11. The lowest BCUT2D eigenvalue weighted by Crippen LogP contribution is -2.49. The molecule has 3 N–H and O–H groups in total. The van der Waals surface area contributed by atoms with Gasteiger partial charge in [0, 0.05) is 23.6 Å². The van der Waals surface area contributed by atoms with Gasteiger partial charge in [0.05, 0.1) is 5.56 Å². The molecular formula is C25H23N5O4. The molecule has 1 aliphatic rings. The number of aryl methyl sites for hydroxylation is 1. The minimum Gasteiger partial charge on any atom is -0.322 e. The van der Waals surface area contributed by atoms with Gasteiger partial charge in [-0.2, -0.15) is 5.01 Å². The third-order valence-electron chi connectivity index (χ3n) is 5.54. The molecule has 1 aromatic heterocycles. The zero-order valence-electron chi connectivity index (χ0n) is 18.4. The summed E-state index contributed by atoms with van der Waals surface area (Å²) in [5.41, 5.74) is 3.19. The van der Waals surface area contributed by atoms with Crippen LogP contribution in [0.15, 0.2) is 79.1 Å². The number of hydrogen-bond acceptors (Lipinski definition) is 5. The van der Waals surface area contributed by atoms with E-state index in [1.54, 1.807) is 37.4 Å². The highest BCUT2D eigenvalue weighted by atomic mass is 16.2. The average molecular weight is 457 g/mol. The highest BCUT2D eigenvalue weighted by Gasteiger charge is 2.48. The van der Waals surface area contributed by atoms with Crippen molar-refractivity contribution in [2.75, 3.05) is 5.32 Å². The molecule has 9 nitrogen and oxygen atoms in total. The second kappa shape index (κ2) is 9.53. The largest absolute Gasteiger partial charge is 0.344 e. The fraction of sp³-hybridized carbons (Fsp3) is 0.160. The van der Waals surface area contributed by atoms with Crippen LogP contribution in [0, 0.1) is 0 Å². The summed E-state index contributed by atoms with van der Waals surface area (Å²) in [5, 5.41) is 6.07. The maximum atomic E-state index is 13.0. The van der Waals surface area contributed by atoms with Crippen LogP contribution >= 0.6 is 0 Å². The summed E-state index contributed by atoms with van der Waals surface area (Å²) >= 11 is 0. The number of pyridine rings is 1. The Balaban J connectivity index is 1.41. The summed E-state index contributed by atoms with van der Waals surface area (Å²) in [7, 11) is 0. The molecule has 1 unspecified atom stereocenters. The summed E-state index contributed by atoms with van der Waals surface area (Å²) in [6.45, 7) is 1.64. The smallest absolute Gasteiger partial charge is 0.322 e. The van der Waals surface area contributed by atoms with Crippen molar-refractivity contribution >= 4 is 29.4 Å². The van der Waals surface area contributed by atoms with Crippen molar-refractivity contribution in [3.05, 3.63) is 95.8 Å². The Kier molecular flexibility index (Phi) is 6.35. The molecule has 0 aliphatic carbocycles. The molecular weight excluding hydrogens is 434 g/mol. The topological polar surface area (TPSA) is 120 Å². The van der Waals surface area contributed by atoms with Crippen LogP contribution < -0.4 is 16.1 Å². The number of nitrogens with one attached hydrogen (secondary N) is 3. The summed E-state index contributed by atoms with van der Waals surface area (Å²) in [4.78, 5) is 54.5. The van der Waals surface area contributed by atoms with Crippen molar-refractivity contribution in [2.24, 2.45) is 0 Å². The van der Waals surface area contributed by atoms with Gasteiger partial charge < -0.3 is 10.6 Å². The van der Waals surface area contributed by atoms with Crippen LogP contribution in [0.3, 0.4) is 0 Å². The molecule has 0 bridgehead atoms. The number of carbonyl (C=O) groups is 4. The predicted molar refractivity (Wildman–Crippen MR) is 125 cm³/mol. The van der Waals surface area contributed by atoms with Crippen molar-refractivity contribution in [1.29, 1.82) is 0 Å². The number of benzene rings is 2. The van der Waals surface area contributed by atoms with Crippen LogP contribution in [0.4, 0.5) is 10.5 Å². The Hall–Kier alpha value is -4.53. The Bertz CT molecular complexity index is 1230. The molecule has 34 heavy (non-hydrogen) atoms. The first-order chi connectivity index (χ1) is 16.4. The molecule has 4 rings (SSSR count). The lowest BCUT2D eigenvalue weighted by Gasteiger charge is -2.21. The van der Waals surface area contributed by atoms with E-state index in [9.17, 15) is 19.2 Å². The Morgan fingerprint density at radius 3 is 2.47 bits per heavy atom. The summed E-state index contributed by atoms with van der Waals surface area (Å²) in [6.07, 6.45) is 3.95. The first kappa shape index (κ1) is 22.7. The molecule has 1 saturated heterocycles. The molecule has 1 aliphatic heterocycles. The van der Waals surface area contributed by atoms with E-state index in [0.29, 0.717) is 29.1 Å². The van der Waals surface area contributed by atoms with Gasteiger partial charge in [0.2, 0.25) is 0 Å². The van der Waals surface area contributed by atoms with Gasteiger partial charge in [-0.1, -0.05) is 36.4 Å². The van der Waals surface area contributed by atoms with Crippen molar-refractivity contribution in [1.82, 2.24) is 20.7 Å². The Morgan fingerprint density at radius 2 is 1.74 bits per heavy atom. The number of aromatic nitrogens is 1. The molecule has 2 heterocycles. The summed E-state index contributed by atoms with van der Waals surface area (Å²) in [6, 6.07) is 18.4. The van der Waals surface area contributed by atoms with Gasteiger partial charge >= 0.3 is 6.03 Å². The SMILES string of the molecule is CC1(CCc2ccccc2)NC(=O)N(NC(=O)c2cccc(NC(=O)c3cccnc3)c2)C1=O. The van der Waals surface area contributed by atoms with Crippen molar-refractivity contribution in [3.8, 4) is 0 Å². The quantitative estimate of drug-likeness (QED) is 0.471. The minimum absolute atomic E-state index is 0.169. The molecule has 1 atom stereocenters. The molecule has 1 fully saturated rings. The summed E-state index contributed by atoms with van der Waals surface area (Å²) < 4.78 is 0. The van der Waals surface area contributed by atoms with Crippen molar-refractivity contribution in [2.45, 2.75) is 25.3 Å². The van der Waals surface area contributed by atoms with Crippen LogP contribution in [0.2, 0.25) is 0 Å². The van der Waals surface area contributed by atoms with Gasteiger partial charge in [0.1, 0.15) is 5.54 Å². The molecule has 3 aromatic rings. The molecule has 0 radical (unpaired) electrons. The van der Waals surface area contributed by atoms with Gasteiger partial charge in [0.25, 0.3) is 17.7 Å². The number of nitrogens with zero attached hydrogens (tertiary/aromatic N) is 2. The van der Waals surface area contributed by atoms with E-state index in [1.807, 2.05) is 30.3 Å². The first-order valence-corrected chi connectivity index (χ1v) is 10.7. The maximum absolute atomic E-state index is 13.0. The molecule has 5 amide bonds. The standard InChI is InChI=1S/C25H23N5O4/c1-25(13-12-17-7-3-2-4-8-17)23(33)30(24(34)28-25)29-22(32)18-9-5-11-20(15-18)27-21(31)19-10-6-14-26-16-19/h2-11,14-16H,12-13H2,1H3,(H,27,31)(H,28,34)(H,29,32). The zero-order chi connectivity index (χ0) is 24.1. The number of imide groups is 1. The van der Waals surface area contributed by atoms with Gasteiger partial charge in [-0.15, -0.1) is 0 Å². The van der Waals surface area contributed by atoms with Crippen LogP contribution in [0.1, 0.15) is 39.6 Å². The van der Waals surface area contributed by atoms with Crippen molar-refractivity contribution < 1.29 is 19.2 Å². The van der Waals surface area contributed by atoms with E-state index in [1.165, 1.54) is 18.3 Å². The van der Waals surface area contributed by atoms with E-state index in [-0.39, 0.29) is 11.5 Å². The number of amides is 5. The zero-order valence-corrected chi connectivity index (χ0v) is 18.4. The van der Waals surface area contributed by atoms with Crippen LogP contribution in [0.5, 0.6) is 0 Å². The van der Waals surface area contributed by atoms with E-state index in [4.69, 9.17) is 0 Å². The number of rotatable bonds is 7. The fourth-order valence-electron chi connectivity index (χ4n) is 3.60. The summed E-state index contributed by atoms with van der Waals surface area (Å²) in [5.74, 6) is -1.58. The monoisotopic (exact) mass is 457 g/mol. The van der Waals surface area contributed by atoms with Gasteiger partial charge in [-0.25, -0.2) is 4.79 Å². The van der Waals surface area contributed by atoms with E-state index < -0.39 is 23.4 Å². The minimum atomic E-state index is -1.14. The van der Waals surface area contributed by atoms with Gasteiger partial charge in [-0.3, -0.25) is 24.8 Å². The maximum Gasteiger partial charge on any atom is 0.344 e. The molecule has 0 saturated carbocycles.